The molecule has 0 spiro atoms. The molecule has 1 aliphatic rings. The Morgan fingerprint density at radius 1 is 1.40 bits per heavy atom. The van der Waals surface area contributed by atoms with E-state index in [1.165, 1.54) is 32.4 Å². The van der Waals surface area contributed by atoms with Gasteiger partial charge >= 0.3 is 0 Å². The molecule has 1 N–H and O–H groups in total. The molecule has 0 saturated carbocycles. The number of ether oxygens (including phenoxy) is 1. The van der Waals surface area contributed by atoms with Gasteiger partial charge in [-0.05, 0) is 52.7 Å². The minimum atomic E-state index is 0.582. The number of likely N-dealkylation sites (tertiary alicyclic amines) is 1. The van der Waals surface area contributed by atoms with Crippen molar-refractivity contribution in [2.75, 3.05) is 33.9 Å². The van der Waals surface area contributed by atoms with Crippen LogP contribution < -0.4 is 5.32 Å². The highest BCUT2D eigenvalue weighted by Gasteiger charge is 2.16. The van der Waals surface area contributed by atoms with Gasteiger partial charge in [0.15, 0.2) is 0 Å². The fourth-order valence-electron chi connectivity index (χ4n) is 2.19. The second-order valence-corrected chi connectivity index (χ2v) is 4.78. The zero-order valence-electron chi connectivity index (χ0n) is 10.5. The minimum Gasteiger partial charge on any atom is -0.385 e. The van der Waals surface area contributed by atoms with Crippen LogP contribution in [0.25, 0.3) is 0 Å². The lowest BCUT2D eigenvalue weighted by molar-refractivity contribution is 0.181. The summed E-state index contributed by atoms with van der Waals surface area (Å²) in [6.45, 7) is 5.60. The van der Waals surface area contributed by atoms with Crippen LogP contribution in [0.5, 0.6) is 0 Å². The Morgan fingerprint density at radius 3 is 2.93 bits per heavy atom. The molecule has 0 aromatic carbocycles. The molecule has 0 radical (unpaired) electrons. The molecule has 1 heterocycles. The van der Waals surface area contributed by atoms with E-state index in [9.17, 15) is 0 Å². The van der Waals surface area contributed by atoms with E-state index in [0.29, 0.717) is 12.1 Å². The first kappa shape index (κ1) is 12.9. The topological polar surface area (TPSA) is 24.5 Å². The highest BCUT2D eigenvalue weighted by Crippen LogP contribution is 2.10. The molecule has 0 aromatic heterocycles. The first-order chi connectivity index (χ1) is 7.22. The summed E-state index contributed by atoms with van der Waals surface area (Å²) in [7, 11) is 3.99. The molecule has 2 atom stereocenters. The van der Waals surface area contributed by atoms with Gasteiger partial charge in [-0.1, -0.05) is 0 Å². The Hall–Kier alpha value is -0.120. The zero-order valence-corrected chi connectivity index (χ0v) is 10.5. The zero-order chi connectivity index (χ0) is 11.1. The summed E-state index contributed by atoms with van der Waals surface area (Å²) in [5, 5.41) is 3.71. The van der Waals surface area contributed by atoms with Gasteiger partial charge in [-0.3, -0.25) is 0 Å². The van der Waals surface area contributed by atoms with Gasteiger partial charge in [-0.25, -0.2) is 0 Å². The Bertz CT molecular complexity index is 164. The summed E-state index contributed by atoms with van der Waals surface area (Å²) in [6.07, 6.45) is 5.05. The predicted octanol–water partition coefficient (Wildman–Crippen LogP) is 1.49. The van der Waals surface area contributed by atoms with Gasteiger partial charge in [0.1, 0.15) is 0 Å². The summed E-state index contributed by atoms with van der Waals surface area (Å²) in [5.41, 5.74) is 0. The van der Waals surface area contributed by atoms with E-state index in [0.717, 1.165) is 13.0 Å². The maximum absolute atomic E-state index is 5.10. The standard InChI is InChI=1S/C12H26N2O/c1-11(7-10-15-3)13-12-5-4-8-14(2)9-6-12/h11-13H,4-10H2,1-3H3. The predicted molar refractivity (Wildman–Crippen MR) is 64.2 cm³/mol. The van der Waals surface area contributed by atoms with Crippen molar-refractivity contribution in [3.63, 3.8) is 0 Å². The normalized spacial score (nSPS) is 26.2. The fourth-order valence-corrected chi connectivity index (χ4v) is 2.19. The smallest absolute Gasteiger partial charge is 0.0476 e. The largest absolute Gasteiger partial charge is 0.385 e. The molecule has 0 aliphatic carbocycles. The Labute approximate surface area is 94.2 Å². The van der Waals surface area contributed by atoms with E-state index < -0.39 is 0 Å². The lowest BCUT2D eigenvalue weighted by Crippen LogP contribution is -2.37. The number of nitrogens with one attached hydrogen (secondary N) is 1. The quantitative estimate of drug-likeness (QED) is 0.750. The maximum Gasteiger partial charge on any atom is 0.0476 e. The molecule has 2 unspecified atom stereocenters. The average molecular weight is 214 g/mol. The summed E-state index contributed by atoms with van der Waals surface area (Å²) < 4.78 is 5.10. The minimum absolute atomic E-state index is 0.582. The average Bonchev–Trinajstić information content (AvgIpc) is 2.41. The molecule has 90 valence electrons. The molecule has 0 amide bonds. The molecular formula is C12H26N2O. The third-order valence-electron chi connectivity index (χ3n) is 3.23. The van der Waals surface area contributed by atoms with E-state index in [1.54, 1.807) is 7.11 Å². The lowest BCUT2D eigenvalue weighted by atomic mass is 10.1. The van der Waals surface area contributed by atoms with Gasteiger partial charge in [0.25, 0.3) is 0 Å². The molecule has 1 saturated heterocycles. The third kappa shape index (κ3) is 5.50. The van der Waals surface area contributed by atoms with Crippen molar-refractivity contribution < 1.29 is 4.74 Å². The lowest BCUT2D eigenvalue weighted by Gasteiger charge is -2.21. The van der Waals surface area contributed by atoms with Crippen molar-refractivity contribution >= 4 is 0 Å². The molecule has 1 fully saturated rings. The number of nitrogens with zero attached hydrogens (tertiary/aromatic N) is 1. The maximum atomic E-state index is 5.10. The highest BCUT2D eigenvalue weighted by atomic mass is 16.5. The summed E-state index contributed by atoms with van der Waals surface area (Å²) in [4.78, 5) is 2.43. The fraction of sp³-hybridized carbons (Fsp3) is 1.00. The summed E-state index contributed by atoms with van der Waals surface area (Å²) in [6, 6.07) is 1.29. The summed E-state index contributed by atoms with van der Waals surface area (Å²) >= 11 is 0. The number of rotatable bonds is 5. The van der Waals surface area contributed by atoms with Crippen LogP contribution >= 0.6 is 0 Å². The number of hydrogen-bond acceptors (Lipinski definition) is 3. The van der Waals surface area contributed by atoms with Crippen LogP contribution in [0.1, 0.15) is 32.6 Å². The van der Waals surface area contributed by atoms with Crippen LogP contribution in [0.4, 0.5) is 0 Å². The van der Waals surface area contributed by atoms with Crippen molar-refractivity contribution in [2.24, 2.45) is 0 Å². The second kappa shape index (κ2) is 7.20. The molecular weight excluding hydrogens is 188 g/mol. The molecule has 3 nitrogen and oxygen atoms in total. The van der Waals surface area contributed by atoms with Crippen LogP contribution in [0.15, 0.2) is 0 Å². The van der Waals surface area contributed by atoms with Crippen LogP contribution in [0, 0.1) is 0 Å². The Balaban J connectivity index is 2.18. The van der Waals surface area contributed by atoms with E-state index >= 15 is 0 Å². The van der Waals surface area contributed by atoms with E-state index in [1.807, 2.05) is 0 Å². The monoisotopic (exact) mass is 214 g/mol. The van der Waals surface area contributed by atoms with Crippen molar-refractivity contribution in [3.05, 3.63) is 0 Å². The van der Waals surface area contributed by atoms with Crippen LogP contribution in [0.2, 0.25) is 0 Å². The van der Waals surface area contributed by atoms with E-state index in [-0.39, 0.29) is 0 Å². The molecule has 1 aliphatic heterocycles. The van der Waals surface area contributed by atoms with Crippen LogP contribution in [0.3, 0.4) is 0 Å². The first-order valence-electron chi connectivity index (χ1n) is 6.16. The van der Waals surface area contributed by atoms with E-state index in [4.69, 9.17) is 4.74 Å². The Morgan fingerprint density at radius 2 is 2.20 bits per heavy atom. The Kier molecular flexibility index (Phi) is 6.22. The molecule has 0 aromatic rings. The molecule has 0 bridgehead atoms. The highest BCUT2D eigenvalue weighted by molar-refractivity contribution is 4.76. The van der Waals surface area contributed by atoms with Crippen molar-refractivity contribution in [3.8, 4) is 0 Å². The van der Waals surface area contributed by atoms with Gasteiger partial charge in [0, 0.05) is 25.8 Å². The van der Waals surface area contributed by atoms with Gasteiger partial charge in [0.05, 0.1) is 0 Å². The van der Waals surface area contributed by atoms with Gasteiger partial charge in [-0.15, -0.1) is 0 Å². The van der Waals surface area contributed by atoms with Crippen LogP contribution in [-0.2, 0) is 4.74 Å². The molecule has 1 rings (SSSR count). The third-order valence-corrected chi connectivity index (χ3v) is 3.23. The molecule has 15 heavy (non-hydrogen) atoms. The second-order valence-electron chi connectivity index (χ2n) is 4.78. The van der Waals surface area contributed by atoms with E-state index in [2.05, 4.69) is 24.2 Å². The molecule has 3 heteroatoms. The summed E-state index contributed by atoms with van der Waals surface area (Å²) in [5.74, 6) is 0. The van der Waals surface area contributed by atoms with Crippen molar-refractivity contribution in [1.82, 2.24) is 10.2 Å². The van der Waals surface area contributed by atoms with Crippen molar-refractivity contribution in [1.29, 1.82) is 0 Å². The first-order valence-corrected chi connectivity index (χ1v) is 6.16. The van der Waals surface area contributed by atoms with Gasteiger partial charge < -0.3 is 15.0 Å². The van der Waals surface area contributed by atoms with Crippen LogP contribution in [-0.4, -0.2) is 50.8 Å². The number of methoxy groups -OCH3 is 1. The van der Waals surface area contributed by atoms with Gasteiger partial charge in [0.2, 0.25) is 0 Å². The number of hydrogen-bond donors (Lipinski definition) is 1. The van der Waals surface area contributed by atoms with Gasteiger partial charge in [-0.2, -0.15) is 0 Å². The van der Waals surface area contributed by atoms with Crippen molar-refractivity contribution in [2.45, 2.75) is 44.7 Å². The SMILES string of the molecule is COCCC(C)NC1CCCN(C)CC1.